The molecule has 0 saturated carbocycles. The fourth-order valence-electron chi connectivity index (χ4n) is 2.21. The summed E-state index contributed by atoms with van der Waals surface area (Å²) in [6.07, 6.45) is 3.57. The van der Waals surface area contributed by atoms with Gasteiger partial charge in [0.15, 0.2) is 5.16 Å². The van der Waals surface area contributed by atoms with E-state index in [0.717, 1.165) is 30.4 Å². The lowest BCUT2D eigenvalue weighted by molar-refractivity contribution is 0.0916. The van der Waals surface area contributed by atoms with E-state index >= 15 is 0 Å². The third-order valence-corrected chi connectivity index (χ3v) is 3.91. The van der Waals surface area contributed by atoms with Crippen LogP contribution in [-0.4, -0.2) is 38.6 Å². The van der Waals surface area contributed by atoms with Gasteiger partial charge >= 0.3 is 0 Å². The molecule has 2 aromatic heterocycles. The summed E-state index contributed by atoms with van der Waals surface area (Å²) in [5, 5.41) is 16.0. The van der Waals surface area contributed by atoms with E-state index in [1.807, 2.05) is 6.26 Å². The van der Waals surface area contributed by atoms with Crippen LogP contribution in [0.4, 0.5) is 0 Å². The van der Waals surface area contributed by atoms with Crippen LogP contribution in [0.25, 0.3) is 0 Å². The van der Waals surface area contributed by atoms with Crippen molar-refractivity contribution in [1.29, 1.82) is 0 Å². The third-order valence-electron chi connectivity index (χ3n) is 3.24. The zero-order valence-corrected chi connectivity index (χ0v) is 14.8. The van der Waals surface area contributed by atoms with Gasteiger partial charge in [0, 0.05) is 25.6 Å². The van der Waals surface area contributed by atoms with Crippen molar-refractivity contribution in [3.8, 4) is 0 Å². The van der Waals surface area contributed by atoms with Crippen LogP contribution in [0.3, 0.4) is 0 Å². The number of thioether (sulfide) groups is 1. The first-order valence-corrected chi connectivity index (χ1v) is 8.91. The second-order valence-corrected chi connectivity index (χ2v) is 6.57. The highest BCUT2D eigenvalue weighted by atomic mass is 32.2. The number of carbonyl (C=O) groups excluding carboxylic acids is 1. The number of hydrogen-bond donors (Lipinski definition) is 1. The van der Waals surface area contributed by atoms with Gasteiger partial charge in [0.05, 0.1) is 5.69 Å². The van der Waals surface area contributed by atoms with Gasteiger partial charge < -0.3 is 14.4 Å². The summed E-state index contributed by atoms with van der Waals surface area (Å²) in [7, 11) is 0. The van der Waals surface area contributed by atoms with Crippen LogP contribution in [0.5, 0.6) is 0 Å². The highest BCUT2D eigenvalue weighted by Gasteiger charge is 2.13. The van der Waals surface area contributed by atoms with Gasteiger partial charge in [-0.05, 0) is 25.5 Å². The lowest BCUT2D eigenvalue weighted by Gasteiger charge is -2.11. The Balaban J connectivity index is 1.84. The molecule has 0 aliphatic heterocycles. The largest absolute Gasteiger partial charge is 0.351 e. The normalized spacial score (nSPS) is 11.2. The number of aromatic nitrogens is 4. The van der Waals surface area contributed by atoms with E-state index in [1.54, 1.807) is 24.8 Å². The minimum atomic E-state index is -0.237. The van der Waals surface area contributed by atoms with Gasteiger partial charge in [0.25, 0.3) is 5.91 Å². The lowest BCUT2D eigenvalue weighted by atomic mass is 10.2. The molecule has 0 spiro atoms. The Morgan fingerprint density at radius 1 is 1.43 bits per heavy atom. The van der Waals surface area contributed by atoms with Gasteiger partial charge in [-0.15, -0.1) is 10.2 Å². The molecule has 23 heavy (non-hydrogen) atoms. The summed E-state index contributed by atoms with van der Waals surface area (Å²) in [6.45, 7) is 7.59. The van der Waals surface area contributed by atoms with E-state index in [4.69, 9.17) is 4.52 Å². The van der Waals surface area contributed by atoms with Crippen LogP contribution < -0.4 is 5.32 Å². The lowest BCUT2D eigenvalue weighted by Crippen LogP contribution is -2.24. The van der Waals surface area contributed by atoms with Gasteiger partial charge in [-0.2, -0.15) is 0 Å². The molecule has 0 aromatic carbocycles. The summed E-state index contributed by atoms with van der Waals surface area (Å²) in [5.74, 6) is 1.51. The molecule has 0 aliphatic rings. The van der Waals surface area contributed by atoms with Crippen LogP contribution in [0.2, 0.25) is 0 Å². The standard InChI is InChI=1S/C15H23N5O2S/c1-10(2)9-20-13(17-18-15(20)23-4)6-5-7-16-14(21)12-8-11(3)19-22-12/h8,10H,5-7,9H2,1-4H3,(H,16,21). The van der Waals surface area contributed by atoms with E-state index in [0.29, 0.717) is 18.2 Å². The fourth-order valence-corrected chi connectivity index (χ4v) is 2.73. The molecule has 1 amide bonds. The third kappa shape index (κ3) is 4.82. The van der Waals surface area contributed by atoms with Crippen LogP contribution in [0.15, 0.2) is 15.7 Å². The zero-order chi connectivity index (χ0) is 16.8. The van der Waals surface area contributed by atoms with Crippen LogP contribution >= 0.6 is 11.8 Å². The SMILES string of the molecule is CSc1nnc(CCCNC(=O)c2cc(C)no2)n1CC(C)C. The maximum Gasteiger partial charge on any atom is 0.289 e. The number of hydrogen-bond acceptors (Lipinski definition) is 6. The predicted molar refractivity (Wildman–Crippen MR) is 88.5 cm³/mol. The van der Waals surface area contributed by atoms with Crippen LogP contribution in [0.1, 0.15) is 42.3 Å². The van der Waals surface area contributed by atoms with Crippen molar-refractivity contribution >= 4 is 17.7 Å². The maximum atomic E-state index is 11.9. The summed E-state index contributed by atoms with van der Waals surface area (Å²) >= 11 is 1.60. The Bertz CT molecular complexity index is 650. The molecule has 2 aromatic rings. The summed E-state index contributed by atoms with van der Waals surface area (Å²) in [5.41, 5.74) is 0.696. The first kappa shape index (κ1) is 17.5. The minimum Gasteiger partial charge on any atom is -0.351 e. The predicted octanol–water partition coefficient (Wildman–Crippen LogP) is 2.32. The van der Waals surface area contributed by atoms with Crippen LogP contribution in [0, 0.1) is 12.8 Å². The van der Waals surface area contributed by atoms with Crippen LogP contribution in [-0.2, 0) is 13.0 Å². The van der Waals surface area contributed by atoms with Gasteiger partial charge in [0.2, 0.25) is 5.76 Å². The molecule has 0 aliphatic carbocycles. The first-order chi connectivity index (χ1) is 11.0. The molecule has 0 bridgehead atoms. The average molecular weight is 337 g/mol. The molecular formula is C15H23N5O2S. The van der Waals surface area contributed by atoms with E-state index in [2.05, 4.69) is 39.1 Å². The van der Waals surface area contributed by atoms with Crippen molar-refractivity contribution in [2.75, 3.05) is 12.8 Å². The molecule has 0 saturated heterocycles. The van der Waals surface area contributed by atoms with Crippen molar-refractivity contribution in [3.05, 3.63) is 23.3 Å². The molecule has 0 atom stereocenters. The second-order valence-electron chi connectivity index (χ2n) is 5.80. The quantitative estimate of drug-likeness (QED) is 0.588. The second kappa shape index (κ2) is 8.14. The highest BCUT2D eigenvalue weighted by molar-refractivity contribution is 7.98. The number of aryl methyl sites for hydroxylation is 2. The molecule has 2 rings (SSSR count). The summed E-state index contributed by atoms with van der Waals surface area (Å²) in [6, 6.07) is 1.62. The smallest absolute Gasteiger partial charge is 0.289 e. The highest BCUT2D eigenvalue weighted by Crippen LogP contribution is 2.16. The van der Waals surface area contributed by atoms with Gasteiger partial charge in [0.1, 0.15) is 5.82 Å². The Kier molecular flexibility index (Phi) is 6.20. The Labute approximate surface area is 140 Å². The van der Waals surface area contributed by atoms with Crippen molar-refractivity contribution < 1.29 is 9.32 Å². The maximum absolute atomic E-state index is 11.9. The molecule has 126 valence electrons. The number of nitrogens with one attached hydrogen (secondary N) is 1. The van der Waals surface area contributed by atoms with E-state index in [1.165, 1.54) is 0 Å². The summed E-state index contributed by atoms with van der Waals surface area (Å²) in [4.78, 5) is 11.9. The number of nitrogens with zero attached hydrogens (tertiary/aromatic N) is 4. The summed E-state index contributed by atoms with van der Waals surface area (Å²) < 4.78 is 7.09. The van der Waals surface area contributed by atoms with Crippen molar-refractivity contribution in [2.24, 2.45) is 5.92 Å². The monoisotopic (exact) mass is 337 g/mol. The van der Waals surface area contributed by atoms with E-state index in [9.17, 15) is 4.79 Å². The number of amides is 1. The molecule has 8 heteroatoms. The first-order valence-electron chi connectivity index (χ1n) is 7.68. The van der Waals surface area contributed by atoms with Gasteiger partial charge in [-0.1, -0.05) is 30.8 Å². The molecule has 0 radical (unpaired) electrons. The minimum absolute atomic E-state index is 0.237. The topological polar surface area (TPSA) is 85.8 Å². The molecule has 0 unspecified atom stereocenters. The Morgan fingerprint density at radius 2 is 2.22 bits per heavy atom. The molecular weight excluding hydrogens is 314 g/mol. The van der Waals surface area contributed by atoms with Crippen molar-refractivity contribution in [2.45, 2.75) is 45.3 Å². The Morgan fingerprint density at radius 3 is 2.83 bits per heavy atom. The van der Waals surface area contributed by atoms with Gasteiger partial charge in [-0.25, -0.2) is 0 Å². The van der Waals surface area contributed by atoms with E-state index < -0.39 is 0 Å². The Hall–Kier alpha value is -1.83. The molecule has 0 fully saturated rings. The molecule has 1 N–H and O–H groups in total. The van der Waals surface area contributed by atoms with Gasteiger partial charge in [-0.3, -0.25) is 4.79 Å². The number of rotatable bonds is 8. The van der Waals surface area contributed by atoms with Crippen molar-refractivity contribution in [3.63, 3.8) is 0 Å². The molecule has 2 heterocycles. The van der Waals surface area contributed by atoms with Crippen molar-refractivity contribution in [1.82, 2.24) is 25.2 Å². The fraction of sp³-hybridized carbons (Fsp3) is 0.600. The van der Waals surface area contributed by atoms with E-state index in [-0.39, 0.29) is 11.7 Å². The zero-order valence-electron chi connectivity index (χ0n) is 14.0. The average Bonchev–Trinajstić information content (AvgIpc) is 3.09. The molecule has 7 nitrogen and oxygen atoms in total. The number of carbonyl (C=O) groups is 1.